The fourth-order valence-corrected chi connectivity index (χ4v) is 3.17. The van der Waals surface area contributed by atoms with Crippen molar-refractivity contribution < 1.29 is 8.78 Å². The number of hydrogen-bond acceptors (Lipinski definition) is 4. The van der Waals surface area contributed by atoms with Crippen LogP contribution >= 0.6 is 0 Å². The topological polar surface area (TPSA) is 67.3 Å². The maximum atomic E-state index is 13.4. The Balaban J connectivity index is 1.75. The van der Waals surface area contributed by atoms with Crippen LogP contribution in [0.15, 0.2) is 73.1 Å². The van der Waals surface area contributed by atoms with E-state index in [4.69, 9.17) is 9.97 Å². The van der Waals surface area contributed by atoms with E-state index in [1.54, 1.807) is 24.3 Å². The Morgan fingerprint density at radius 3 is 1.72 bits per heavy atom. The fraction of sp³-hybridized carbons (Fsp3) is 0. The molecule has 0 saturated heterocycles. The average molecular weight is 385 g/mol. The molecule has 2 aromatic heterocycles. The number of hydrogen-bond donors (Lipinski definition) is 1. The summed E-state index contributed by atoms with van der Waals surface area (Å²) in [6, 6.07) is 17.7. The summed E-state index contributed by atoms with van der Waals surface area (Å²) in [5.74, 6) is -0.0411. The molecule has 0 saturated carbocycles. The van der Waals surface area contributed by atoms with E-state index in [9.17, 15) is 8.78 Å². The van der Waals surface area contributed by atoms with Crippen LogP contribution in [0.5, 0.6) is 0 Å². The maximum absolute atomic E-state index is 13.4. The van der Waals surface area contributed by atoms with Gasteiger partial charge in [0.25, 0.3) is 0 Å². The molecule has 5 nitrogen and oxygen atoms in total. The third-order valence-electron chi connectivity index (χ3n) is 4.59. The van der Waals surface area contributed by atoms with E-state index in [0.29, 0.717) is 33.8 Å². The first-order valence-corrected chi connectivity index (χ1v) is 8.87. The molecule has 0 radical (unpaired) electrons. The van der Waals surface area contributed by atoms with Crippen molar-refractivity contribution in [2.45, 2.75) is 0 Å². The Morgan fingerprint density at radius 1 is 0.621 bits per heavy atom. The molecule has 3 aromatic carbocycles. The first-order valence-electron chi connectivity index (χ1n) is 8.87. The lowest BCUT2D eigenvalue weighted by molar-refractivity contribution is 0.627. The summed E-state index contributed by atoms with van der Waals surface area (Å²) in [6.07, 6.45) is 1.51. The Morgan fingerprint density at radius 2 is 1.17 bits per heavy atom. The Hall–Kier alpha value is -4.00. The lowest BCUT2D eigenvalue weighted by Crippen LogP contribution is -1.96. The molecule has 5 aromatic rings. The molecular formula is C22H13F2N5. The number of H-pyrrole nitrogens is 1. The molecule has 0 spiro atoms. The summed E-state index contributed by atoms with van der Waals surface area (Å²) in [7, 11) is 0. The second-order valence-corrected chi connectivity index (χ2v) is 6.48. The van der Waals surface area contributed by atoms with Gasteiger partial charge in [0, 0.05) is 16.7 Å². The van der Waals surface area contributed by atoms with Gasteiger partial charge in [-0.2, -0.15) is 0 Å². The van der Waals surface area contributed by atoms with Crippen molar-refractivity contribution in [1.29, 1.82) is 0 Å². The van der Waals surface area contributed by atoms with Gasteiger partial charge in [0.05, 0.1) is 22.4 Å². The van der Waals surface area contributed by atoms with Gasteiger partial charge < -0.3 is 4.98 Å². The van der Waals surface area contributed by atoms with E-state index >= 15 is 0 Å². The van der Waals surface area contributed by atoms with E-state index in [1.807, 2.05) is 18.2 Å². The second-order valence-electron chi connectivity index (χ2n) is 6.48. The molecule has 0 amide bonds. The van der Waals surface area contributed by atoms with Crippen LogP contribution < -0.4 is 0 Å². The first kappa shape index (κ1) is 17.1. The quantitative estimate of drug-likeness (QED) is 0.473. The molecule has 2 heterocycles. The van der Waals surface area contributed by atoms with Crippen LogP contribution in [0.2, 0.25) is 0 Å². The number of nitrogens with zero attached hydrogens (tertiary/aromatic N) is 4. The number of aromatic amines is 1. The Labute approximate surface area is 164 Å². The molecule has 0 aliphatic heterocycles. The standard InChI is InChI=1S/C22H13F2N5/c23-16-6-1-13(2-7-16)20-21(14-3-8-17(24)9-4-14)28-19-11-15(5-10-18(19)27-20)22-25-12-26-29-22/h1-12H,(H,25,26,29). The third-order valence-corrected chi connectivity index (χ3v) is 4.59. The third kappa shape index (κ3) is 3.23. The van der Waals surface area contributed by atoms with Gasteiger partial charge in [-0.05, 0) is 66.7 Å². The van der Waals surface area contributed by atoms with Gasteiger partial charge in [0.15, 0.2) is 5.82 Å². The highest BCUT2D eigenvalue weighted by Crippen LogP contribution is 2.32. The largest absolute Gasteiger partial charge is 0.328 e. The lowest BCUT2D eigenvalue weighted by Gasteiger charge is -2.11. The maximum Gasteiger partial charge on any atom is 0.161 e. The number of aromatic nitrogens is 5. The molecule has 0 unspecified atom stereocenters. The second kappa shape index (κ2) is 6.87. The van der Waals surface area contributed by atoms with Crippen molar-refractivity contribution in [2.75, 3.05) is 0 Å². The van der Waals surface area contributed by atoms with Crippen LogP contribution in [0, 0.1) is 11.6 Å². The zero-order valence-corrected chi connectivity index (χ0v) is 15.0. The highest BCUT2D eigenvalue weighted by Gasteiger charge is 2.14. The number of halogens is 2. The van der Waals surface area contributed by atoms with Crippen molar-refractivity contribution in [3.8, 4) is 33.9 Å². The highest BCUT2D eigenvalue weighted by molar-refractivity contribution is 5.88. The Bertz CT molecular complexity index is 1300. The van der Waals surface area contributed by atoms with Gasteiger partial charge in [-0.3, -0.25) is 0 Å². The SMILES string of the molecule is Fc1ccc(-c2nc3ccc(-c4nnc[nH]4)cc3nc2-c2ccc(F)cc2)cc1. The van der Waals surface area contributed by atoms with Crippen LogP contribution in [0.4, 0.5) is 8.78 Å². The smallest absolute Gasteiger partial charge is 0.161 e. The van der Waals surface area contributed by atoms with E-state index in [1.165, 1.54) is 30.6 Å². The molecular weight excluding hydrogens is 372 g/mol. The normalized spacial score (nSPS) is 11.1. The van der Waals surface area contributed by atoms with Crippen LogP contribution in [-0.4, -0.2) is 25.1 Å². The van der Waals surface area contributed by atoms with Crippen molar-refractivity contribution in [3.05, 3.63) is 84.7 Å². The van der Waals surface area contributed by atoms with E-state index in [-0.39, 0.29) is 11.6 Å². The number of rotatable bonds is 3. The van der Waals surface area contributed by atoms with E-state index in [0.717, 1.165) is 11.1 Å². The summed E-state index contributed by atoms with van der Waals surface area (Å²) in [6.45, 7) is 0. The first-order chi connectivity index (χ1) is 14.2. The predicted molar refractivity (Wildman–Crippen MR) is 106 cm³/mol. The van der Waals surface area contributed by atoms with Gasteiger partial charge in [0.1, 0.15) is 18.0 Å². The predicted octanol–water partition coefficient (Wildman–Crippen LogP) is 5.03. The minimum atomic E-state index is -0.335. The number of nitrogens with one attached hydrogen (secondary N) is 1. The average Bonchev–Trinajstić information content (AvgIpc) is 3.29. The zero-order chi connectivity index (χ0) is 19.8. The minimum Gasteiger partial charge on any atom is -0.328 e. The molecule has 140 valence electrons. The van der Waals surface area contributed by atoms with E-state index in [2.05, 4.69) is 15.2 Å². The summed E-state index contributed by atoms with van der Waals surface area (Å²) in [4.78, 5) is 12.5. The molecule has 0 fully saturated rings. The van der Waals surface area contributed by atoms with Crippen molar-refractivity contribution >= 4 is 11.0 Å². The number of fused-ring (bicyclic) bond motifs is 1. The lowest BCUT2D eigenvalue weighted by atomic mass is 10.0. The number of benzene rings is 3. The molecule has 0 aliphatic rings. The van der Waals surface area contributed by atoms with Gasteiger partial charge >= 0.3 is 0 Å². The molecule has 0 aliphatic carbocycles. The van der Waals surface area contributed by atoms with Crippen molar-refractivity contribution in [3.63, 3.8) is 0 Å². The Kier molecular flexibility index (Phi) is 4.05. The molecule has 0 bridgehead atoms. The molecule has 5 rings (SSSR count). The van der Waals surface area contributed by atoms with Crippen LogP contribution in [0.3, 0.4) is 0 Å². The summed E-state index contributed by atoms with van der Waals surface area (Å²) >= 11 is 0. The van der Waals surface area contributed by atoms with Gasteiger partial charge in [-0.1, -0.05) is 0 Å². The van der Waals surface area contributed by atoms with Gasteiger partial charge in [-0.15, -0.1) is 10.2 Å². The van der Waals surface area contributed by atoms with Crippen LogP contribution in [-0.2, 0) is 0 Å². The van der Waals surface area contributed by atoms with Gasteiger partial charge in [0.2, 0.25) is 0 Å². The minimum absolute atomic E-state index is 0.331. The van der Waals surface area contributed by atoms with Crippen LogP contribution in [0.25, 0.3) is 44.9 Å². The molecule has 0 atom stereocenters. The van der Waals surface area contributed by atoms with Crippen LogP contribution in [0.1, 0.15) is 0 Å². The summed E-state index contributed by atoms with van der Waals surface area (Å²) in [5, 5.41) is 7.83. The van der Waals surface area contributed by atoms with E-state index < -0.39 is 0 Å². The summed E-state index contributed by atoms with van der Waals surface area (Å²) in [5.41, 5.74) is 4.77. The molecule has 29 heavy (non-hydrogen) atoms. The fourth-order valence-electron chi connectivity index (χ4n) is 3.17. The summed E-state index contributed by atoms with van der Waals surface area (Å²) < 4.78 is 26.8. The monoisotopic (exact) mass is 385 g/mol. The highest BCUT2D eigenvalue weighted by atomic mass is 19.1. The molecule has 1 N–H and O–H groups in total. The van der Waals surface area contributed by atoms with Crippen molar-refractivity contribution in [1.82, 2.24) is 25.1 Å². The van der Waals surface area contributed by atoms with Gasteiger partial charge in [-0.25, -0.2) is 18.7 Å². The van der Waals surface area contributed by atoms with Crippen molar-refractivity contribution in [2.24, 2.45) is 0 Å². The molecule has 7 heteroatoms. The zero-order valence-electron chi connectivity index (χ0n) is 15.0.